The van der Waals surface area contributed by atoms with Crippen LogP contribution < -0.4 is 20.5 Å². The second kappa shape index (κ2) is 11.8. The third-order valence-corrected chi connectivity index (χ3v) is 7.07. The number of halogens is 1. The van der Waals surface area contributed by atoms with Gasteiger partial charge in [-0.2, -0.15) is 0 Å². The smallest absolute Gasteiger partial charge is 0.407 e. The third-order valence-electron chi connectivity index (χ3n) is 6.79. The highest BCUT2D eigenvalue weighted by Gasteiger charge is 2.47. The Balaban J connectivity index is 0.000000375. The number of amides is 1. The van der Waals surface area contributed by atoms with Crippen LogP contribution in [0.5, 0.6) is 11.5 Å². The Hall–Kier alpha value is -2.97. The molecule has 1 aliphatic carbocycles. The van der Waals surface area contributed by atoms with Crippen molar-refractivity contribution in [3.8, 4) is 11.5 Å². The van der Waals surface area contributed by atoms with Crippen LogP contribution in [-0.2, 0) is 4.74 Å². The molecule has 0 radical (unpaired) electrons. The molecule has 4 N–H and O–H groups in total. The molecule has 1 fully saturated rings. The van der Waals surface area contributed by atoms with Crippen LogP contribution in [0.4, 0.5) is 4.79 Å². The van der Waals surface area contributed by atoms with E-state index < -0.39 is 23.5 Å². The first-order valence-electron chi connectivity index (χ1n) is 12.9. The number of nitrogens with two attached hydrogens (primary N) is 1. The summed E-state index contributed by atoms with van der Waals surface area (Å²) in [5.74, 6) is -1.12. The van der Waals surface area contributed by atoms with Gasteiger partial charge in [-0.05, 0) is 71.9 Å². The lowest BCUT2D eigenvalue weighted by Gasteiger charge is -2.37. The van der Waals surface area contributed by atoms with Gasteiger partial charge < -0.3 is 30.4 Å². The van der Waals surface area contributed by atoms with Gasteiger partial charge >= 0.3 is 12.1 Å². The largest absolute Gasteiger partial charge is 0.478 e. The number of carbonyl (C=O) groups is 2. The van der Waals surface area contributed by atoms with Crippen LogP contribution in [0.15, 0.2) is 36.4 Å². The molecule has 2 atom stereocenters. The van der Waals surface area contributed by atoms with Gasteiger partial charge in [-0.1, -0.05) is 41.9 Å². The molecule has 4 rings (SSSR count). The molecule has 2 aliphatic rings. The number of rotatable bonds is 4. The molecule has 1 saturated carbocycles. The number of fused-ring (bicyclic) bond motifs is 1. The maximum absolute atomic E-state index is 12.0. The van der Waals surface area contributed by atoms with Gasteiger partial charge in [0.15, 0.2) is 11.5 Å². The molecular formula is C29H39ClN2O6. The van der Waals surface area contributed by atoms with Crippen molar-refractivity contribution < 1.29 is 28.9 Å². The zero-order chi connectivity index (χ0) is 28.3. The molecule has 1 aliphatic heterocycles. The van der Waals surface area contributed by atoms with Crippen LogP contribution in [0, 0.1) is 12.8 Å². The first-order valence-corrected chi connectivity index (χ1v) is 13.3. The Bertz CT molecular complexity index is 1140. The van der Waals surface area contributed by atoms with Crippen LogP contribution in [-0.4, -0.2) is 34.6 Å². The van der Waals surface area contributed by atoms with Crippen LogP contribution in [0.3, 0.4) is 0 Å². The first kappa shape index (κ1) is 29.6. The van der Waals surface area contributed by atoms with Crippen molar-refractivity contribution >= 4 is 23.7 Å². The van der Waals surface area contributed by atoms with Crippen molar-refractivity contribution in [2.45, 2.75) is 90.7 Å². The molecule has 38 heavy (non-hydrogen) atoms. The average molecular weight is 547 g/mol. The van der Waals surface area contributed by atoms with Crippen molar-refractivity contribution in [3.05, 3.63) is 58.1 Å². The third kappa shape index (κ3) is 7.32. The monoisotopic (exact) mass is 546 g/mol. The van der Waals surface area contributed by atoms with Gasteiger partial charge in [0.2, 0.25) is 0 Å². The standard InChI is InChI=1S/C21H28ClNO6.C8H11N/c1-11-14(18(24)25)10-15(22)17-16(11)27-21(5,28-17)12-6-8-13(9-7-12)23-19(26)29-20(2,3)4;1-7(9)8-5-3-2-4-6-8/h10,12-13H,6-9H2,1-5H3,(H,23,26)(H,24,25);2-7H,9H2,1H3/t12-,13-,21-;7-/m10/s1. The van der Waals surface area contributed by atoms with Crippen molar-refractivity contribution in [3.63, 3.8) is 0 Å². The number of ether oxygens (including phenoxy) is 3. The zero-order valence-electron chi connectivity index (χ0n) is 23.0. The molecule has 9 heteroatoms. The lowest BCUT2D eigenvalue weighted by atomic mass is 9.81. The molecule has 2 aromatic carbocycles. The van der Waals surface area contributed by atoms with E-state index in [4.69, 9.17) is 31.5 Å². The highest BCUT2D eigenvalue weighted by Crippen LogP contribution is 2.51. The summed E-state index contributed by atoms with van der Waals surface area (Å²) in [6.45, 7) is 11.0. The van der Waals surface area contributed by atoms with E-state index in [0.717, 1.165) is 25.7 Å². The van der Waals surface area contributed by atoms with Crippen molar-refractivity contribution in [2.75, 3.05) is 0 Å². The maximum atomic E-state index is 12.0. The summed E-state index contributed by atoms with van der Waals surface area (Å²) in [6.07, 6.45) is 2.71. The van der Waals surface area contributed by atoms with E-state index >= 15 is 0 Å². The summed E-state index contributed by atoms with van der Waals surface area (Å²) in [5.41, 5.74) is 6.88. The zero-order valence-corrected chi connectivity index (χ0v) is 23.7. The molecule has 208 valence electrons. The van der Waals surface area contributed by atoms with Gasteiger partial charge in [-0.25, -0.2) is 9.59 Å². The second-order valence-electron chi connectivity index (χ2n) is 11.1. The summed E-state index contributed by atoms with van der Waals surface area (Å²) in [4.78, 5) is 23.4. The van der Waals surface area contributed by atoms with Crippen LogP contribution >= 0.6 is 11.6 Å². The molecule has 2 aromatic rings. The van der Waals surface area contributed by atoms with Gasteiger partial charge in [0.05, 0.1) is 10.6 Å². The van der Waals surface area contributed by atoms with E-state index in [2.05, 4.69) is 5.32 Å². The summed E-state index contributed by atoms with van der Waals surface area (Å²) in [6, 6.07) is 11.6. The Morgan fingerprint density at radius 1 is 1.13 bits per heavy atom. The van der Waals surface area contributed by atoms with E-state index in [-0.39, 0.29) is 28.6 Å². The Labute approximate surface area is 229 Å². The summed E-state index contributed by atoms with van der Waals surface area (Å²) in [7, 11) is 0. The summed E-state index contributed by atoms with van der Waals surface area (Å²) >= 11 is 6.26. The molecular weight excluding hydrogens is 508 g/mol. The number of carboxylic acids is 1. The van der Waals surface area contributed by atoms with Crippen molar-refractivity contribution in [1.29, 1.82) is 0 Å². The highest BCUT2D eigenvalue weighted by molar-refractivity contribution is 6.32. The van der Waals surface area contributed by atoms with E-state index in [1.54, 1.807) is 6.92 Å². The minimum absolute atomic E-state index is 0.0393. The second-order valence-corrected chi connectivity index (χ2v) is 11.5. The molecule has 1 amide bonds. The molecule has 0 spiro atoms. The number of alkyl carbamates (subject to hydrolysis) is 1. The molecule has 0 saturated heterocycles. The number of carboxylic acid groups (broad SMARTS) is 1. The van der Waals surface area contributed by atoms with Crippen LogP contribution in [0.25, 0.3) is 0 Å². The number of hydrogen-bond donors (Lipinski definition) is 3. The first-order chi connectivity index (χ1) is 17.7. The van der Waals surface area contributed by atoms with Crippen molar-refractivity contribution in [2.24, 2.45) is 11.7 Å². The van der Waals surface area contributed by atoms with E-state index in [9.17, 15) is 14.7 Å². The number of nitrogens with one attached hydrogen (secondary N) is 1. The fraction of sp³-hybridized carbons (Fsp3) is 0.517. The quantitative estimate of drug-likeness (QED) is 0.394. The molecule has 1 heterocycles. The summed E-state index contributed by atoms with van der Waals surface area (Å²) in [5, 5.41) is 12.5. The van der Waals surface area contributed by atoms with Crippen LogP contribution in [0.2, 0.25) is 5.02 Å². The normalized spacial score (nSPS) is 23.1. The molecule has 0 bridgehead atoms. The minimum atomic E-state index is -1.06. The van der Waals surface area contributed by atoms with Crippen LogP contribution in [0.1, 0.15) is 87.8 Å². The molecule has 0 aromatic heterocycles. The van der Waals surface area contributed by atoms with Crippen molar-refractivity contribution in [1.82, 2.24) is 5.32 Å². The lowest BCUT2D eigenvalue weighted by molar-refractivity contribution is -0.121. The van der Waals surface area contributed by atoms with E-state index in [1.807, 2.05) is 65.0 Å². The van der Waals surface area contributed by atoms with E-state index in [0.29, 0.717) is 17.1 Å². The Morgan fingerprint density at radius 3 is 2.21 bits per heavy atom. The molecule has 0 unspecified atom stereocenters. The maximum Gasteiger partial charge on any atom is 0.407 e. The average Bonchev–Trinajstić information content (AvgIpc) is 3.21. The lowest BCUT2D eigenvalue weighted by Crippen LogP contribution is -2.48. The Morgan fingerprint density at radius 2 is 1.71 bits per heavy atom. The fourth-order valence-electron chi connectivity index (χ4n) is 4.73. The predicted molar refractivity (Wildman–Crippen MR) is 147 cm³/mol. The van der Waals surface area contributed by atoms with Gasteiger partial charge in [0.25, 0.3) is 5.79 Å². The number of benzene rings is 2. The highest BCUT2D eigenvalue weighted by atomic mass is 35.5. The minimum Gasteiger partial charge on any atom is -0.478 e. The number of carbonyl (C=O) groups excluding carboxylic acids is 1. The van der Waals surface area contributed by atoms with Gasteiger partial charge in [-0.15, -0.1) is 0 Å². The Kier molecular flexibility index (Phi) is 9.21. The SMILES string of the molecule is C[C@H](N)c1ccccc1.Cc1c(C(=O)O)cc(Cl)c2c1O[C@@](C)([C@H]1CC[C@H](NC(=O)OC(C)(C)C)CC1)O2. The summed E-state index contributed by atoms with van der Waals surface area (Å²) < 4.78 is 17.6. The number of hydrogen-bond acceptors (Lipinski definition) is 6. The van der Waals surface area contributed by atoms with Gasteiger partial charge in [-0.3, -0.25) is 0 Å². The molecule has 8 nitrogen and oxygen atoms in total. The fourth-order valence-corrected chi connectivity index (χ4v) is 4.96. The van der Waals surface area contributed by atoms with E-state index in [1.165, 1.54) is 11.6 Å². The predicted octanol–water partition coefficient (Wildman–Crippen LogP) is 6.62. The van der Waals surface area contributed by atoms with Gasteiger partial charge in [0, 0.05) is 30.5 Å². The topological polar surface area (TPSA) is 120 Å². The number of aromatic carboxylic acids is 1. The van der Waals surface area contributed by atoms with Gasteiger partial charge in [0.1, 0.15) is 5.60 Å².